The Balaban J connectivity index is -0.0000000638. The predicted octanol–water partition coefficient (Wildman–Crippen LogP) is -2.66. The van der Waals surface area contributed by atoms with Crippen molar-refractivity contribution >= 4 is 9.52 Å². The third kappa shape index (κ3) is 23.7. The van der Waals surface area contributed by atoms with Crippen molar-refractivity contribution in [3.8, 4) is 0 Å². The van der Waals surface area contributed by atoms with E-state index in [-0.39, 0.29) is 42.2 Å². The molecule has 16 heavy (non-hydrogen) atoms. The molecule has 0 heterocycles. The van der Waals surface area contributed by atoms with E-state index >= 15 is 0 Å². The van der Waals surface area contributed by atoms with Crippen molar-refractivity contribution in [3.05, 3.63) is 60.7 Å². The normalized spacial score (nSPS) is 6.12. The number of rotatable bonds is 0. The van der Waals surface area contributed by atoms with E-state index in [1.54, 1.807) is 0 Å². The van der Waals surface area contributed by atoms with Crippen molar-refractivity contribution in [2.24, 2.45) is 0 Å². The molecule has 2 aromatic carbocycles. The molecule has 0 nitrogen and oxygen atoms in total. The summed E-state index contributed by atoms with van der Waals surface area (Å²) < 4.78 is 0. The van der Waals surface area contributed by atoms with Crippen molar-refractivity contribution in [2.75, 3.05) is 0 Å². The van der Waals surface area contributed by atoms with E-state index < -0.39 is 0 Å². The van der Waals surface area contributed by atoms with Gasteiger partial charge in [0.2, 0.25) is 0 Å². The van der Waals surface area contributed by atoms with E-state index in [1.165, 1.54) is 0 Å². The summed E-state index contributed by atoms with van der Waals surface area (Å²) in [6.45, 7) is 4.42. The molecular formula is C12H17Cl2CrSi. The van der Waals surface area contributed by atoms with Gasteiger partial charge in [0, 0.05) is 9.52 Å². The molecule has 4 heteroatoms. The predicted molar refractivity (Wildman–Crippen MR) is 62.9 cm³/mol. The molecule has 1 radical (unpaired) electrons. The van der Waals surface area contributed by atoms with Crippen LogP contribution >= 0.6 is 0 Å². The zero-order valence-electron chi connectivity index (χ0n) is 9.52. The largest absolute Gasteiger partial charge is 4.00 e. The first-order valence-electron chi connectivity index (χ1n) is 4.49. The van der Waals surface area contributed by atoms with Crippen molar-refractivity contribution < 1.29 is 42.2 Å². The average molecular weight is 312 g/mol. The fourth-order valence-electron chi connectivity index (χ4n) is 0.642. The van der Waals surface area contributed by atoms with Crippen LogP contribution in [0.15, 0.2) is 60.7 Å². The summed E-state index contributed by atoms with van der Waals surface area (Å²) >= 11 is 0. The van der Waals surface area contributed by atoms with Gasteiger partial charge in [-0.3, -0.25) is 0 Å². The first-order valence-corrected chi connectivity index (χ1v) is 6.80. The molecule has 0 N–H and O–H groups in total. The van der Waals surface area contributed by atoms with Crippen LogP contribution < -0.4 is 24.8 Å². The number of halogens is 2. The summed E-state index contributed by atoms with van der Waals surface area (Å²) in [5, 5.41) is 0. The molecule has 0 aliphatic heterocycles. The van der Waals surface area contributed by atoms with Crippen LogP contribution in [0.4, 0.5) is 0 Å². The molecule has 0 fully saturated rings. The van der Waals surface area contributed by atoms with Gasteiger partial charge in [-0.05, 0) is 0 Å². The minimum Gasteiger partial charge on any atom is -1.00 e. The maximum absolute atomic E-state index is 2.21. The Bertz CT molecular complexity index is 171. The molecular weight excluding hydrogens is 295 g/mol. The van der Waals surface area contributed by atoms with Gasteiger partial charge in [-0.25, -0.2) is 24.3 Å². The van der Waals surface area contributed by atoms with Gasteiger partial charge in [-0.1, -0.05) is 13.1 Å². The van der Waals surface area contributed by atoms with Crippen LogP contribution in [0.3, 0.4) is 0 Å². The molecule has 2 rings (SSSR count). The molecule has 0 spiro atoms. The Morgan fingerprint density at radius 2 is 0.875 bits per heavy atom. The Labute approximate surface area is 125 Å². The van der Waals surface area contributed by atoms with E-state index in [9.17, 15) is 0 Å². The summed E-state index contributed by atoms with van der Waals surface area (Å²) in [7, 11) is 0.750. The third-order valence-electron chi connectivity index (χ3n) is 1.11. The van der Waals surface area contributed by atoms with Crippen molar-refractivity contribution in [1.82, 2.24) is 0 Å². The van der Waals surface area contributed by atoms with Gasteiger partial charge >= 0.3 is 17.4 Å². The molecule has 0 unspecified atom stereocenters. The summed E-state index contributed by atoms with van der Waals surface area (Å²) in [5.74, 6) is 0. The monoisotopic (exact) mass is 311 g/mol. The van der Waals surface area contributed by atoms with Gasteiger partial charge in [-0.2, -0.15) is 36.4 Å². The summed E-state index contributed by atoms with van der Waals surface area (Å²) in [4.78, 5) is 0. The van der Waals surface area contributed by atoms with Crippen molar-refractivity contribution in [1.29, 1.82) is 0 Å². The minimum atomic E-state index is 0. The minimum absolute atomic E-state index is 0. The SMILES string of the molecule is C[SiH]C.[Cl-].[Cl-].[Cr+4].c1cc[cH-]c1.c1cc[cH-]c1. The second kappa shape index (κ2) is 24.3. The number of hydrogen-bond acceptors (Lipinski definition) is 0. The van der Waals surface area contributed by atoms with Gasteiger partial charge in [0.05, 0.1) is 0 Å². The summed E-state index contributed by atoms with van der Waals surface area (Å²) in [6.07, 6.45) is 0. The molecule has 0 bridgehead atoms. The van der Waals surface area contributed by atoms with Gasteiger partial charge in [0.1, 0.15) is 0 Å². The Hall–Kier alpha value is 0.0294. The van der Waals surface area contributed by atoms with Crippen LogP contribution in [0.2, 0.25) is 13.1 Å². The fraction of sp³-hybridized carbons (Fsp3) is 0.167. The van der Waals surface area contributed by atoms with Crippen LogP contribution in [0.5, 0.6) is 0 Å². The molecule has 89 valence electrons. The van der Waals surface area contributed by atoms with E-state index in [4.69, 9.17) is 0 Å². The van der Waals surface area contributed by atoms with Gasteiger partial charge in [0.15, 0.2) is 0 Å². The first kappa shape index (κ1) is 25.0. The zero-order chi connectivity index (χ0) is 9.78. The second-order valence-electron chi connectivity index (χ2n) is 2.50. The van der Waals surface area contributed by atoms with Gasteiger partial charge in [-0.15, -0.1) is 0 Å². The van der Waals surface area contributed by atoms with Crippen LogP contribution in [0, 0.1) is 0 Å². The first-order chi connectivity index (χ1) is 6.41. The zero-order valence-corrected chi connectivity index (χ0v) is 13.5. The molecule has 0 aliphatic carbocycles. The Morgan fingerprint density at radius 3 is 0.938 bits per heavy atom. The molecule has 0 aromatic heterocycles. The molecule has 0 saturated carbocycles. The molecule has 0 saturated heterocycles. The van der Waals surface area contributed by atoms with Crippen LogP contribution in [0.25, 0.3) is 0 Å². The van der Waals surface area contributed by atoms with E-state index in [0.29, 0.717) is 0 Å². The van der Waals surface area contributed by atoms with Gasteiger partial charge in [0.25, 0.3) is 0 Å². The van der Waals surface area contributed by atoms with Crippen molar-refractivity contribution in [3.63, 3.8) is 0 Å². The fourth-order valence-corrected chi connectivity index (χ4v) is 0.642. The van der Waals surface area contributed by atoms with E-state index in [1.807, 2.05) is 60.7 Å². The standard InChI is InChI=1S/2C5H5.C2H7Si.2ClH.Cr/c2*1-2-4-5-3-1;1-3-2;;;/h2*1-5H;3H,1-2H3;2*1H;/q2*-1;;;;+4/p-2. The molecule has 2 aromatic rings. The van der Waals surface area contributed by atoms with E-state index in [0.717, 1.165) is 9.52 Å². The quantitative estimate of drug-likeness (QED) is 0.368. The number of hydrogen-bond donors (Lipinski definition) is 0. The van der Waals surface area contributed by atoms with E-state index in [2.05, 4.69) is 13.1 Å². The Kier molecular flexibility index (Phi) is 38.0. The summed E-state index contributed by atoms with van der Waals surface area (Å²) in [5.41, 5.74) is 0. The third-order valence-corrected chi connectivity index (χ3v) is 1.11. The molecule has 0 atom stereocenters. The van der Waals surface area contributed by atoms with Crippen molar-refractivity contribution in [2.45, 2.75) is 13.1 Å². The maximum Gasteiger partial charge on any atom is 4.00 e. The van der Waals surface area contributed by atoms with Crippen LogP contribution in [0.1, 0.15) is 0 Å². The second-order valence-corrected chi connectivity index (χ2v) is 3.66. The molecule has 0 amide bonds. The topological polar surface area (TPSA) is 0 Å². The smallest absolute Gasteiger partial charge is 1.00 e. The molecule has 0 aliphatic rings. The van der Waals surface area contributed by atoms with Crippen LogP contribution in [-0.2, 0) is 17.4 Å². The maximum atomic E-state index is 2.21. The van der Waals surface area contributed by atoms with Crippen LogP contribution in [-0.4, -0.2) is 9.52 Å². The van der Waals surface area contributed by atoms with Gasteiger partial charge < -0.3 is 24.8 Å². The summed E-state index contributed by atoms with van der Waals surface area (Å²) in [6, 6.07) is 20.0. The Morgan fingerprint density at radius 1 is 0.688 bits per heavy atom. The average Bonchev–Trinajstić information content (AvgIpc) is 2.85.